The van der Waals surface area contributed by atoms with E-state index in [1.54, 1.807) is 13.0 Å². The van der Waals surface area contributed by atoms with Gasteiger partial charge in [0.05, 0.1) is 18.4 Å². The molecular formula is C21H22ClN3O4S. The molecule has 4 rings (SSSR count). The number of methoxy groups -OCH3 is 1. The molecule has 0 fully saturated rings. The quantitative estimate of drug-likeness (QED) is 0.593. The van der Waals surface area contributed by atoms with Gasteiger partial charge in [-0.2, -0.15) is 0 Å². The van der Waals surface area contributed by atoms with E-state index in [2.05, 4.69) is 27.5 Å². The molecule has 0 saturated heterocycles. The third kappa shape index (κ3) is 4.56. The zero-order valence-corrected chi connectivity index (χ0v) is 18.3. The molecule has 1 aromatic carbocycles. The van der Waals surface area contributed by atoms with Crippen LogP contribution in [0.1, 0.15) is 42.6 Å². The van der Waals surface area contributed by atoms with Gasteiger partial charge in [0, 0.05) is 30.6 Å². The second-order valence-corrected chi connectivity index (χ2v) is 8.04. The van der Waals surface area contributed by atoms with E-state index >= 15 is 0 Å². The number of halogens is 1. The van der Waals surface area contributed by atoms with E-state index in [-0.39, 0.29) is 18.2 Å². The summed E-state index contributed by atoms with van der Waals surface area (Å²) in [7, 11) is 1.35. The van der Waals surface area contributed by atoms with Crippen LogP contribution < -0.4 is 5.32 Å². The van der Waals surface area contributed by atoms with Crippen LogP contribution in [0.5, 0.6) is 0 Å². The fourth-order valence-electron chi connectivity index (χ4n) is 3.47. The maximum absolute atomic E-state index is 12.5. The monoisotopic (exact) mass is 447 g/mol. The summed E-state index contributed by atoms with van der Waals surface area (Å²) in [5, 5.41) is 7.03. The number of carbonyl (C=O) groups is 2. The molecule has 0 aliphatic carbocycles. The number of fused-ring (bicyclic) bond motifs is 1. The zero-order chi connectivity index (χ0) is 20.4. The standard InChI is InChI=1S/C21H21N3O4S.ClH/c1-13-10-16(28-23-13)19(25)22-20-18(21(26)27-2)15-8-9-24(12-17(15)29-20)11-14-6-4-3-5-7-14;/h3-7,10H,8-9,11-12H2,1-2H3,(H,22,25);1H. The van der Waals surface area contributed by atoms with Gasteiger partial charge in [-0.25, -0.2) is 4.79 Å². The average molecular weight is 448 g/mol. The number of hydrogen-bond acceptors (Lipinski definition) is 7. The molecule has 30 heavy (non-hydrogen) atoms. The fourth-order valence-corrected chi connectivity index (χ4v) is 4.75. The Kier molecular flexibility index (Phi) is 6.91. The summed E-state index contributed by atoms with van der Waals surface area (Å²) in [6, 6.07) is 11.8. The summed E-state index contributed by atoms with van der Waals surface area (Å²) >= 11 is 1.41. The number of rotatable bonds is 5. The van der Waals surface area contributed by atoms with Crippen LogP contribution in [-0.4, -0.2) is 35.6 Å². The van der Waals surface area contributed by atoms with Gasteiger partial charge in [0.2, 0.25) is 5.76 Å². The molecule has 1 N–H and O–H groups in total. The van der Waals surface area contributed by atoms with Gasteiger partial charge in [-0.15, -0.1) is 23.7 Å². The molecule has 2 aromatic heterocycles. The molecule has 9 heteroatoms. The van der Waals surface area contributed by atoms with Crippen LogP contribution >= 0.6 is 23.7 Å². The van der Waals surface area contributed by atoms with Crippen LogP contribution in [0, 0.1) is 6.92 Å². The lowest BCUT2D eigenvalue weighted by atomic mass is 10.0. The SMILES string of the molecule is COC(=O)c1c(NC(=O)c2cc(C)no2)sc2c1CCN(Cc1ccccc1)C2.Cl. The minimum absolute atomic E-state index is 0. The Morgan fingerprint density at radius 3 is 2.73 bits per heavy atom. The predicted molar refractivity (Wildman–Crippen MR) is 116 cm³/mol. The van der Waals surface area contributed by atoms with E-state index in [1.807, 2.05) is 18.2 Å². The molecule has 0 bridgehead atoms. The lowest BCUT2D eigenvalue weighted by molar-refractivity contribution is 0.0600. The van der Waals surface area contributed by atoms with Gasteiger partial charge in [-0.1, -0.05) is 35.5 Å². The molecule has 1 aliphatic heterocycles. The molecule has 7 nitrogen and oxygen atoms in total. The minimum Gasteiger partial charge on any atom is -0.465 e. The summed E-state index contributed by atoms with van der Waals surface area (Å²) in [6.07, 6.45) is 0.723. The molecule has 3 aromatic rings. The van der Waals surface area contributed by atoms with Gasteiger partial charge >= 0.3 is 5.97 Å². The second kappa shape index (κ2) is 9.42. The van der Waals surface area contributed by atoms with Crippen molar-refractivity contribution < 1.29 is 18.8 Å². The number of ether oxygens (including phenoxy) is 1. The number of aryl methyl sites for hydroxylation is 1. The summed E-state index contributed by atoms with van der Waals surface area (Å²) in [6.45, 7) is 4.13. The Morgan fingerprint density at radius 1 is 1.30 bits per heavy atom. The fraction of sp³-hybridized carbons (Fsp3) is 0.286. The van der Waals surface area contributed by atoms with E-state index in [9.17, 15) is 9.59 Å². The number of carbonyl (C=O) groups excluding carboxylic acids is 2. The van der Waals surface area contributed by atoms with Crippen LogP contribution in [0.2, 0.25) is 0 Å². The summed E-state index contributed by atoms with van der Waals surface area (Å²) in [5.41, 5.74) is 3.26. The zero-order valence-electron chi connectivity index (χ0n) is 16.6. The van der Waals surface area contributed by atoms with Crippen LogP contribution in [-0.2, 0) is 24.2 Å². The highest BCUT2D eigenvalue weighted by Gasteiger charge is 2.30. The molecule has 0 radical (unpaired) electrons. The Balaban J connectivity index is 0.00000256. The van der Waals surface area contributed by atoms with Gasteiger partial charge in [-0.3, -0.25) is 9.69 Å². The molecule has 0 unspecified atom stereocenters. The van der Waals surface area contributed by atoms with Crippen molar-refractivity contribution in [3.8, 4) is 0 Å². The third-order valence-electron chi connectivity index (χ3n) is 4.85. The van der Waals surface area contributed by atoms with Crippen molar-refractivity contribution in [2.24, 2.45) is 0 Å². The molecule has 0 saturated carbocycles. The van der Waals surface area contributed by atoms with Crippen LogP contribution in [0.4, 0.5) is 5.00 Å². The Hall–Kier alpha value is -2.68. The average Bonchev–Trinajstić information content (AvgIpc) is 3.31. The highest BCUT2D eigenvalue weighted by molar-refractivity contribution is 7.17. The van der Waals surface area contributed by atoms with E-state index < -0.39 is 11.9 Å². The first kappa shape index (κ1) is 22.0. The highest BCUT2D eigenvalue weighted by Crippen LogP contribution is 2.38. The van der Waals surface area contributed by atoms with Crippen molar-refractivity contribution in [1.29, 1.82) is 0 Å². The second-order valence-electron chi connectivity index (χ2n) is 6.93. The predicted octanol–water partition coefficient (Wildman–Crippen LogP) is 4.06. The molecule has 158 valence electrons. The number of hydrogen-bond donors (Lipinski definition) is 1. The molecule has 3 heterocycles. The molecule has 0 atom stereocenters. The summed E-state index contributed by atoms with van der Waals surface area (Å²) < 4.78 is 10.0. The molecule has 1 amide bonds. The normalized spacial score (nSPS) is 13.3. The number of anilines is 1. The maximum atomic E-state index is 12.5. The van der Waals surface area contributed by atoms with Gasteiger partial charge in [0.15, 0.2) is 0 Å². The lowest BCUT2D eigenvalue weighted by Gasteiger charge is -2.27. The van der Waals surface area contributed by atoms with Gasteiger partial charge < -0.3 is 14.6 Å². The van der Waals surface area contributed by atoms with E-state index in [0.717, 1.165) is 36.5 Å². The van der Waals surface area contributed by atoms with Crippen molar-refractivity contribution in [3.05, 3.63) is 69.4 Å². The van der Waals surface area contributed by atoms with Crippen LogP contribution in [0.15, 0.2) is 40.9 Å². The number of nitrogens with zero attached hydrogens (tertiary/aromatic N) is 2. The summed E-state index contributed by atoms with van der Waals surface area (Å²) in [5.74, 6) is -0.769. The maximum Gasteiger partial charge on any atom is 0.341 e. The largest absolute Gasteiger partial charge is 0.465 e. The first-order valence-electron chi connectivity index (χ1n) is 9.29. The summed E-state index contributed by atoms with van der Waals surface area (Å²) in [4.78, 5) is 28.4. The van der Waals surface area contributed by atoms with E-state index in [1.165, 1.54) is 24.0 Å². The van der Waals surface area contributed by atoms with Crippen LogP contribution in [0.3, 0.4) is 0 Å². The van der Waals surface area contributed by atoms with E-state index in [4.69, 9.17) is 9.26 Å². The molecular weight excluding hydrogens is 426 g/mol. The first-order valence-corrected chi connectivity index (χ1v) is 10.1. The van der Waals surface area contributed by atoms with Crippen molar-refractivity contribution in [1.82, 2.24) is 10.1 Å². The smallest absolute Gasteiger partial charge is 0.341 e. The number of aromatic nitrogens is 1. The van der Waals surface area contributed by atoms with Crippen LogP contribution in [0.25, 0.3) is 0 Å². The van der Waals surface area contributed by atoms with Gasteiger partial charge in [0.1, 0.15) is 5.00 Å². The number of nitrogens with one attached hydrogen (secondary N) is 1. The molecule has 1 aliphatic rings. The Morgan fingerprint density at radius 2 is 2.07 bits per heavy atom. The molecule has 0 spiro atoms. The first-order chi connectivity index (χ1) is 14.0. The van der Waals surface area contributed by atoms with E-state index in [0.29, 0.717) is 16.3 Å². The number of amides is 1. The van der Waals surface area contributed by atoms with Crippen molar-refractivity contribution >= 4 is 40.6 Å². The van der Waals surface area contributed by atoms with Gasteiger partial charge in [0.25, 0.3) is 5.91 Å². The van der Waals surface area contributed by atoms with Crippen molar-refractivity contribution in [2.45, 2.75) is 26.4 Å². The number of esters is 1. The number of thiophene rings is 1. The van der Waals surface area contributed by atoms with Crippen molar-refractivity contribution in [3.63, 3.8) is 0 Å². The Bertz CT molecular complexity index is 1050. The third-order valence-corrected chi connectivity index (χ3v) is 5.99. The van der Waals surface area contributed by atoms with Crippen molar-refractivity contribution in [2.75, 3.05) is 19.0 Å². The highest BCUT2D eigenvalue weighted by atomic mass is 35.5. The number of benzene rings is 1. The Labute approximate surface area is 184 Å². The lowest BCUT2D eigenvalue weighted by Crippen LogP contribution is -2.29. The van der Waals surface area contributed by atoms with Gasteiger partial charge in [-0.05, 0) is 24.5 Å². The minimum atomic E-state index is -0.442. The topological polar surface area (TPSA) is 84.7 Å².